The fraction of sp³-hybridized carbons (Fsp3) is 0.455. The van der Waals surface area contributed by atoms with Crippen molar-refractivity contribution in [3.63, 3.8) is 0 Å². The lowest BCUT2D eigenvalue weighted by atomic mass is 9.74. The molecule has 1 heteroatoms. The van der Waals surface area contributed by atoms with Gasteiger partial charge < -0.3 is 5.11 Å². The van der Waals surface area contributed by atoms with Gasteiger partial charge in [-0.2, -0.15) is 0 Å². The second kappa shape index (κ2) is 4.87. The van der Waals surface area contributed by atoms with Gasteiger partial charge in [-0.25, -0.2) is 0 Å². The van der Waals surface area contributed by atoms with Gasteiger partial charge in [-0.15, -0.1) is 0 Å². The minimum atomic E-state index is -0.147. The second-order valence-electron chi connectivity index (χ2n) is 8.89. The van der Waals surface area contributed by atoms with Gasteiger partial charge in [-0.05, 0) is 33.9 Å². The van der Waals surface area contributed by atoms with Gasteiger partial charge in [0.1, 0.15) is 5.75 Å². The first kappa shape index (κ1) is 16.1. The molecule has 0 aliphatic heterocycles. The molecule has 0 bridgehead atoms. The van der Waals surface area contributed by atoms with E-state index in [0.717, 1.165) is 17.5 Å². The molecular formula is C22H28O. The fourth-order valence-electron chi connectivity index (χ4n) is 4.44. The highest BCUT2D eigenvalue weighted by atomic mass is 16.3. The van der Waals surface area contributed by atoms with Crippen molar-refractivity contribution in [2.75, 3.05) is 0 Å². The van der Waals surface area contributed by atoms with Crippen molar-refractivity contribution in [1.82, 2.24) is 0 Å². The largest absolute Gasteiger partial charge is 0.507 e. The lowest BCUT2D eigenvalue weighted by Crippen LogP contribution is -2.24. The summed E-state index contributed by atoms with van der Waals surface area (Å²) in [4.78, 5) is 0. The maximum absolute atomic E-state index is 11.2. The highest BCUT2D eigenvalue weighted by Crippen LogP contribution is 2.57. The van der Waals surface area contributed by atoms with Crippen molar-refractivity contribution in [2.45, 2.75) is 64.2 Å². The SMILES string of the molecule is CC(C)(C)c1ccc2c(c1O)C(C)(c1ccccc1)CC2(C)C. The van der Waals surface area contributed by atoms with Gasteiger partial charge in [-0.3, -0.25) is 0 Å². The average Bonchev–Trinajstić information content (AvgIpc) is 2.67. The van der Waals surface area contributed by atoms with Gasteiger partial charge in [-0.1, -0.05) is 84.0 Å². The fourth-order valence-corrected chi connectivity index (χ4v) is 4.44. The molecule has 122 valence electrons. The lowest BCUT2D eigenvalue weighted by molar-refractivity contribution is 0.405. The summed E-state index contributed by atoms with van der Waals surface area (Å²) >= 11 is 0. The Bertz CT molecular complexity index is 735. The molecule has 3 rings (SSSR count). The van der Waals surface area contributed by atoms with Crippen LogP contribution in [0, 0.1) is 0 Å². The van der Waals surface area contributed by atoms with Crippen LogP contribution in [0.4, 0.5) is 0 Å². The predicted octanol–water partition coefficient (Wildman–Crippen LogP) is 5.68. The van der Waals surface area contributed by atoms with Crippen LogP contribution in [0.2, 0.25) is 0 Å². The third kappa shape index (κ3) is 2.38. The number of phenols is 1. The molecule has 0 heterocycles. The molecule has 0 amide bonds. The Balaban J connectivity index is 2.32. The second-order valence-corrected chi connectivity index (χ2v) is 8.89. The van der Waals surface area contributed by atoms with E-state index in [1.165, 1.54) is 11.1 Å². The van der Waals surface area contributed by atoms with Crippen LogP contribution in [0.25, 0.3) is 0 Å². The molecule has 0 fully saturated rings. The van der Waals surface area contributed by atoms with Crippen molar-refractivity contribution < 1.29 is 5.11 Å². The van der Waals surface area contributed by atoms with Crippen LogP contribution in [-0.2, 0) is 16.2 Å². The highest BCUT2D eigenvalue weighted by molar-refractivity contribution is 5.61. The summed E-state index contributed by atoms with van der Waals surface area (Å²) in [5, 5.41) is 11.2. The molecular weight excluding hydrogens is 280 g/mol. The zero-order valence-corrected chi connectivity index (χ0v) is 15.2. The Labute approximate surface area is 140 Å². The first-order chi connectivity index (χ1) is 10.6. The number of rotatable bonds is 1. The number of phenolic OH excluding ortho intramolecular Hbond substituents is 1. The van der Waals surface area contributed by atoms with Gasteiger partial charge in [0.25, 0.3) is 0 Å². The van der Waals surface area contributed by atoms with Crippen LogP contribution in [0.3, 0.4) is 0 Å². The van der Waals surface area contributed by atoms with Crippen LogP contribution in [-0.4, -0.2) is 5.11 Å². The van der Waals surface area contributed by atoms with Crippen LogP contribution in [0.15, 0.2) is 42.5 Å². The van der Waals surface area contributed by atoms with Gasteiger partial charge in [0.2, 0.25) is 0 Å². The molecule has 23 heavy (non-hydrogen) atoms. The van der Waals surface area contributed by atoms with Gasteiger partial charge in [0, 0.05) is 11.0 Å². The third-order valence-corrected chi connectivity index (χ3v) is 5.47. The zero-order valence-electron chi connectivity index (χ0n) is 15.2. The molecule has 1 N–H and O–H groups in total. The minimum Gasteiger partial charge on any atom is -0.507 e. The lowest BCUT2D eigenvalue weighted by Gasteiger charge is -2.30. The monoisotopic (exact) mass is 308 g/mol. The smallest absolute Gasteiger partial charge is 0.123 e. The van der Waals surface area contributed by atoms with Crippen molar-refractivity contribution in [2.24, 2.45) is 0 Å². The summed E-state index contributed by atoms with van der Waals surface area (Å²) in [7, 11) is 0. The summed E-state index contributed by atoms with van der Waals surface area (Å²) in [5.41, 5.74) is 4.59. The predicted molar refractivity (Wildman–Crippen MR) is 97.3 cm³/mol. The van der Waals surface area contributed by atoms with E-state index in [0.29, 0.717) is 5.75 Å². The van der Waals surface area contributed by atoms with E-state index in [1.807, 2.05) is 0 Å². The Morgan fingerprint density at radius 2 is 1.52 bits per heavy atom. The average molecular weight is 308 g/mol. The number of hydrogen-bond acceptors (Lipinski definition) is 1. The van der Waals surface area contributed by atoms with E-state index in [1.54, 1.807) is 0 Å². The van der Waals surface area contributed by atoms with E-state index in [-0.39, 0.29) is 16.2 Å². The Hall–Kier alpha value is -1.76. The quantitative estimate of drug-likeness (QED) is 0.719. The maximum Gasteiger partial charge on any atom is 0.123 e. The summed E-state index contributed by atoms with van der Waals surface area (Å²) in [6.45, 7) is 13.3. The van der Waals surface area contributed by atoms with Gasteiger partial charge in [0.05, 0.1) is 0 Å². The van der Waals surface area contributed by atoms with Gasteiger partial charge in [0.15, 0.2) is 0 Å². The molecule has 1 atom stereocenters. The summed E-state index contributed by atoms with van der Waals surface area (Å²) in [6.07, 6.45) is 1.01. The molecule has 2 aromatic rings. The molecule has 1 nitrogen and oxygen atoms in total. The van der Waals surface area contributed by atoms with Crippen molar-refractivity contribution in [1.29, 1.82) is 0 Å². The standard InChI is InChI=1S/C22H28O/c1-20(2,3)17-13-12-16-18(19(17)23)22(6,14-21(16,4)5)15-10-8-7-9-11-15/h7-13,23H,14H2,1-6H3. The zero-order chi connectivity index (χ0) is 17.0. The number of hydrogen-bond donors (Lipinski definition) is 1. The van der Waals surface area contributed by atoms with Crippen molar-refractivity contribution in [3.8, 4) is 5.75 Å². The Kier molecular flexibility index (Phi) is 3.41. The molecule has 1 unspecified atom stereocenters. The maximum atomic E-state index is 11.2. The third-order valence-electron chi connectivity index (χ3n) is 5.47. The summed E-state index contributed by atoms with van der Waals surface area (Å²) < 4.78 is 0. The van der Waals surface area contributed by atoms with Crippen LogP contribution in [0.5, 0.6) is 5.75 Å². The molecule has 0 radical (unpaired) electrons. The highest BCUT2D eigenvalue weighted by Gasteiger charge is 2.48. The minimum absolute atomic E-state index is 0.0633. The van der Waals surface area contributed by atoms with Crippen LogP contribution >= 0.6 is 0 Å². The first-order valence-corrected chi connectivity index (χ1v) is 8.50. The number of benzene rings is 2. The molecule has 2 aromatic carbocycles. The molecule has 0 spiro atoms. The first-order valence-electron chi connectivity index (χ1n) is 8.50. The number of aromatic hydroxyl groups is 1. The summed E-state index contributed by atoms with van der Waals surface area (Å²) in [6, 6.07) is 15.0. The summed E-state index contributed by atoms with van der Waals surface area (Å²) in [5.74, 6) is 0.493. The van der Waals surface area contributed by atoms with E-state index >= 15 is 0 Å². The molecule has 1 aliphatic carbocycles. The molecule has 0 saturated carbocycles. The molecule has 0 aromatic heterocycles. The van der Waals surface area contributed by atoms with Crippen molar-refractivity contribution in [3.05, 3.63) is 64.7 Å². The molecule has 1 aliphatic rings. The normalized spacial score (nSPS) is 22.9. The van der Waals surface area contributed by atoms with E-state index in [2.05, 4.69) is 84.0 Å². The van der Waals surface area contributed by atoms with E-state index < -0.39 is 0 Å². The Morgan fingerprint density at radius 3 is 2.09 bits per heavy atom. The van der Waals surface area contributed by atoms with Crippen molar-refractivity contribution >= 4 is 0 Å². The van der Waals surface area contributed by atoms with Crippen LogP contribution in [0.1, 0.15) is 70.2 Å². The Morgan fingerprint density at radius 1 is 0.913 bits per heavy atom. The van der Waals surface area contributed by atoms with Gasteiger partial charge >= 0.3 is 0 Å². The van der Waals surface area contributed by atoms with Crippen LogP contribution < -0.4 is 0 Å². The topological polar surface area (TPSA) is 20.2 Å². The number of fused-ring (bicyclic) bond motifs is 1. The molecule has 0 saturated heterocycles. The van der Waals surface area contributed by atoms with E-state index in [9.17, 15) is 5.11 Å². The van der Waals surface area contributed by atoms with E-state index in [4.69, 9.17) is 0 Å².